The molecule has 5 heteroatoms. The molecule has 1 aromatic heterocycles. The number of halogens is 2. The van der Waals surface area contributed by atoms with Crippen LogP contribution >= 0.6 is 23.2 Å². The third-order valence-corrected chi connectivity index (χ3v) is 1.92. The Hall–Kier alpha value is -0.670. The van der Waals surface area contributed by atoms with Gasteiger partial charge in [0.2, 0.25) is 0 Å². The minimum atomic E-state index is -0.612. The van der Waals surface area contributed by atoms with Gasteiger partial charge in [-0.15, -0.1) is 0 Å². The Morgan fingerprint density at radius 3 is 2.64 bits per heavy atom. The Morgan fingerprint density at radius 2 is 2.14 bits per heavy atom. The largest absolute Gasteiger partial charge is 0.274 e. The lowest BCUT2D eigenvalue weighted by molar-refractivity contribution is 0.107. The van der Waals surface area contributed by atoms with Gasteiger partial charge in [0, 0.05) is 12.5 Å². The summed E-state index contributed by atoms with van der Waals surface area (Å²) < 4.78 is 0. The summed E-state index contributed by atoms with van der Waals surface area (Å²) in [6.45, 7) is 4.07. The second-order valence-corrected chi connectivity index (χ2v) is 4.09. The number of rotatable bonds is 3. The molecule has 0 spiro atoms. The highest BCUT2D eigenvalue weighted by Crippen LogP contribution is 2.11. The first-order valence-corrected chi connectivity index (χ1v) is 4.98. The van der Waals surface area contributed by atoms with Gasteiger partial charge in [-0.1, -0.05) is 25.4 Å². The molecule has 3 nitrogen and oxygen atoms in total. The second-order valence-electron chi connectivity index (χ2n) is 3.36. The molecule has 0 amide bonds. The van der Waals surface area contributed by atoms with Crippen molar-refractivity contribution in [2.24, 2.45) is 5.92 Å². The first-order valence-electron chi connectivity index (χ1n) is 4.22. The molecular weight excluding hydrogens is 223 g/mol. The molecule has 1 aromatic rings. The third kappa shape index (κ3) is 3.24. The molecule has 0 aliphatic carbocycles. The molecule has 14 heavy (non-hydrogen) atoms. The van der Waals surface area contributed by atoms with Crippen molar-refractivity contribution in [2.75, 3.05) is 0 Å². The Morgan fingerprint density at radius 1 is 1.50 bits per heavy atom. The van der Waals surface area contributed by atoms with E-state index in [0.29, 0.717) is 18.2 Å². The molecule has 76 valence electrons. The smallest absolute Gasteiger partial charge is 0.271 e. The van der Waals surface area contributed by atoms with Crippen molar-refractivity contribution in [3.05, 3.63) is 22.7 Å². The minimum absolute atomic E-state index is 0.155. The normalized spacial score (nSPS) is 10.6. The summed E-state index contributed by atoms with van der Waals surface area (Å²) in [6.07, 6.45) is 0.678. The third-order valence-electron chi connectivity index (χ3n) is 1.53. The van der Waals surface area contributed by atoms with Crippen LogP contribution in [0.2, 0.25) is 5.15 Å². The fourth-order valence-electron chi connectivity index (χ4n) is 1.02. The standard InChI is InChI=1S/C9H10Cl2N2O/c1-5(2)3-8-12-6(9(11)14)4-7(10)13-8/h4-5H,3H2,1-2H3. The van der Waals surface area contributed by atoms with E-state index >= 15 is 0 Å². The van der Waals surface area contributed by atoms with Crippen LogP contribution in [0.4, 0.5) is 0 Å². The van der Waals surface area contributed by atoms with Crippen LogP contribution in [0.5, 0.6) is 0 Å². The SMILES string of the molecule is CC(C)Cc1nc(Cl)cc(C(=O)Cl)n1. The fourth-order valence-corrected chi connectivity index (χ4v) is 1.32. The van der Waals surface area contributed by atoms with Crippen LogP contribution in [-0.4, -0.2) is 15.2 Å². The molecule has 0 N–H and O–H groups in total. The summed E-state index contributed by atoms with van der Waals surface area (Å²) in [5, 5.41) is -0.362. The summed E-state index contributed by atoms with van der Waals surface area (Å²) in [6, 6.07) is 1.36. The van der Waals surface area contributed by atoms with Crippen LogP contribution in [0, 0.1) is 5.92 Å². The Kier molecular flexibility index (Phi) is 3.84. The van der Waals surface area contributed by atoms with Gasteiger partial charge in [0.05, 0.1) is 0 Å². The van der Waals surface area contributed by atoms with Crippen LogP contribution in [0.15, 0.2) is 6.07 Å². The van der Waals surface area contributed by atoms with E-state index in [1.807, 2.05) is 13.8 Å². The number of carbonyl (C=O) groups excluding carboxylic acids is 1. The highest BCUT2D eigenvalue weighted by molar-refractivity contribution is 6.67. The quantitative estimate of drug-likeness (QED) is 0.595. The highest BCUT2D eigenvalue weighted by Gasteiger charge is 2.09. The van der Waals surface area contributed by atoms with E-state index in [9.17, 15) is 4.79 Å². The van der Waals surface area contributed by atoms with Crippen molar-refractivity contribution < 1.29 is 4.79 Å². The van der Waals surface area contributed by atoms with E-state index < -0.39 is 5.24 Å². The van der Waals surface area contributed by atoms with Crippen molar-refractivity contribution in [3.8, 4) is 0 Å². The Bertz CT molecular complexity index is 353. The molecular formula is C9H10Cl2N2O. The lowest BCUT2D eigenvalue weighted by atomic mass is 10.1. The number of aromatic nitrogens is 2. The predicted molar refractivity (Wildman–Crippen MR) is 55.8 cm³/mol. The van der Waals surface area contributed by atoms with Gasteiger partial charge in [-0.3, -0.25) is 4.79 Å². The topological polar surface area (TPSA) is 42.9 Å². The maximum atomic E-state index is 10.9. The average molecular weight is 233 g/mol. The van der Waals surface area contributed by atoms with Crippen molar-refractivity contribution >= 4 is 28.4 Å². The minimum Gasteiger partial charge on any atom is -0.274 e. The lowest BCUT2D eigenvalue weighted by Crippen LogP contribution is -2.05. The molecule has 0 saturated heterocycles. The second kappa shape index (κ2) is 4.71. The van der Waals surface area contributed by atoms with Crippen LogP contribution in [0.25, 0.3) is 0 Å². The molecule has 0 aliphatic rings. The molecule has 1 rings (SSSR count). The maximum Gasteiger partial charge on any atom is 0.271 e. The number of carbonyl (C=O) groups is 1. The van der Waals surface area contributed by atoms with Gasteiger partial charge in [0.25, 0.3) is 5.24 Å². The molecule has 0 aliphatic heterocycles. The van der Waals surface area contributed by atoms with Crippen molar-refractivity contribution in [3.63, 3.8) is 0 Å². The maximum absolute atomic E-state index is 10.9. The molecule has 0 unspecified atom stereocenters. The van der Waals surface area contributed by atoms with Crippen molar-refractivity contribution in [1.82, 2.24) is 9.97 Å². The predicted octanol–water partition coefficient (Wildman–Crippen LogP) is 2.71. The van der Waals surface area contributed by atoms with Crippen molar-refractivity contribution in [1.29, 1.82) is 0 Å². The molecule has 0 bridgehead atoms. The summed E-state index contributed by atoms with van der Waals surface area (Å²) in [7, 11) is 0. The summed E-state index contributed by atoms with van der Waals surface area (Å²) in [4.78, 5) is 18.8. The van der Waals surface area contributed by atoms with Crippen LogP contribution in [-0.2, 0) is 6.42 Å². The van der Waals surface area contributed by atoms with Crippen molar-refractivity contribution in [2.45, 2.75) is 20.3 Å². The van der Waals surface area contributed by atoms with Gasteiger partial charge in [-0.05, 0) is 17.5 Å². The number of hydrogen-bond acceptors (Lipinski definition) is 3. The van der Waals surface area contributed by atoms with Crippen LogP contribution in [0.1, 0.15) is 30.2 Å². The zero-order valence-corrected chi connectivity index (χ0v) is 9.43. The van der Waals surface area contributed by atoms with E-state index in [2.05, 4.69) is 9.97 Å². The zero-order chi connectivity index (χ0) is 10.7. The number of nitrogens with zero attached hydrogens (tertiary/aromatic N) is 2. The number of hydrogen-bond donors (Lipinski definition) is 0. The van der Waals surface area contributed by atoms with Gasteiger partial charge in [-0.25, -0.2) is 9.97 Å². The fraction of sp³-hybridized carbons (Fsp3) is 0.444. The summed E-state index contributed by atoms with van der Waals surface area (Å²) >= 11 is 11.0. The van der Waals surface area contributed by atoms with E-state index in [1.54, 1.807) is 0 Å². The molecule has 0 radical (unpaired) electrons. The molecule has 0 fully saturated rings. The zero-order valence-electron chi connectivity index (χ0n) is 7.92. The van der Waals surface area contributed by atoms with Crippen LogP contribution in [0.3, 0.4) is 0 Å². The Balaban J connectivity index is 3.01. The van der Waals surface area contributed by atoms with Gasteiger partial charge in [-0.2, -0.15) is 0 Å². The molecule has 0 atom stereocenters. The van der Waals surface area contributed by atoms with Crippen LogP contribution < -0.4 is 0 Å². The summed E-state index contributed by atoms with van der Waals surface area (Å²) in [5.74, 6) is 0.961. The highest BCUT2D eigenvalue weighted by atomic mass is 35.5. The van der Waals surface area contributed by atoms with E-state index in [1.165, 1.54) is 6.07 Å². The van der Waals surface area contributed by atoms with E-state index in [-0.39, 0.29) is 10.8 Å². The molecule has 0 saturated carbocycles. The summed E-state index contributed by atoms with van der Waals surface area (Å²) in [5.41, 5.74) is 0.155. The average Bonchev–Trinajstić information content (AvgIpc) is 2.01. The molecule has 0 aromatic carbocycles. The van der Waals surface area contributed by atoms with E-state index in [0.717, 1.165) is 0 Å². The first kappa shape index (κ1) is 11.4. The van der Waals surface area contributed by atoms with Gasteiger partial charge < -0.3 is 0 Å². The van der Waals surface area contributed by atoms with Gasteiger partial charge in [0.15, 0.2) is 0 Å². The Labute approximate surface area is 92.5 Å². The lowest BCUT2D eigenvalue weighted by Gasteiger charge is -2.04. The van der Waals surface area contributed by atoms with Gasteiger partial charge >= 0.3 is 0 Å². The monoisotopic (exact) mass is 232 g/mol. The first-order chi connectivity index (χ1) is 6.49. The van der Waals surface area contributed by atoms with Gasteiger partial charge in [0.1, 0.15) is 16.7 Å². The van der Waals surface area contributed by atoms with E-state index in [4.69, 9.17) is 23.2 Å². The molecule has 1 heterocycles.